The van der Waals surface area contributed by atoms with Crippen LogP contribution in [0.5, 0.6) is 0 Å². The summed E-state index contributed by atoms with van der Waals surface area (Å²) >= 11 is 0. The molecule has 0 aliphatic carbocycles. The molecule has 0 radical (unpaired) electrons. The number of halogens is 3. The zero-order valence-electron chi connectivity index (χ0n) is 24.5. The van der Waals surface area contributed by atoms with Crippen molar-refractivity contribution in [2.24, 2.45) is 0 Å². The summed E-state index contributed by atoms with van der Waals surface area (Å²) < 4.78 is 56.0. The van der Waals surface area contributed by atoms with Gasteiger partial charge in [-0.1, -0.05) is 39.8 Å². The van der Waals surface area contributed by atoms with E-state index in [4.69, 9.17) is 0 Å². The molecule has 1 atom stereocenters. The van der Waals surface area contributed by atoms with E-state index in [1.807, 2.05) is 27.7 Å². The van der Waals surface area contributed by atoms with Gasteiger partial charge >= 0.3 is 0 Å². The lowest BCUT2D eigenvalue weighted by molar-refractivity contribution is 0.102. The van der Waals surface area contributed by atoms with Crippen molar-refractivity contribution >= 4 is 33.4 Å². The minimum Gasteiger partial charge on any atom is -0.322 e. The van der Waals surface area contributed by atoms with Gasteiger partial charge in [-0.05, 0) is 67.1 Å². The topological polar surface area (TPSA) is 94.0 Å². The highest BCUT2D eigenvalue weighted by Crippen LogP contribution is 2.31. The van der Waals surface area contributed by atoms with Crippen LogP contribution in [0, 0.1) is 24.4 Å². The van der Waals surface area contributed by atoms with E-state index in [0.717, 1.165) is 22.8 Å². The first kappa shape index (κ1) is 32.9. The van der Waals surface area contributed by atoms with Gasteiger partial charge in [0.05, 0.1) is 16.5 Å². The summed E-state index contributed by atoms with van der Waals surface area (Å²) in [6, 6.07) is 15.8. The van der Waals surface area contributed by atoms with Gasteiger partial charge in [-0.25, -0.2) is 23.1 Å². The maximum atomic E-state index is 14.8. The fraction of sp³-hybridized carbons (Fsp3) is 0.188. The second-order valence-corrected chi connectivity index (χ2v) is 9.89. The first-order valence-corrected chi connectivity index (χ1v) is 15.1. The van der Waals surface area contributed by atoms with Crippen molar-refractivity contribution in [2.75, 3.05) is 11.6 Å². The minimum atomic E-state index is -1.74. The van der Waals surface area contributed by atoms with E-state index in [2.05, 4.69) is 15.3 Å². The van der Waals surface area contributed by atoms with Crippen LogP contribution in [-0.4, -0.2) is 30.9 Å². The first-order valence-electron chi connectivity index (χ1n) is 13.5. The Balaban J connectivity index is 0.00000121. The van der Waals surface area contributed by atoms with E-state index in [-0.39, 0.29) is 27.4 Å². The van der Waals surface area contributed by atoms with Gasteiger partial charge in [0.2, 0.25) is 5.16 Å². The van der Waals surface area contributed by atoms with Crippen LogP contribution in [0.15, 0.2) is 82.7 Å². The molecular weight excluding hydrogens is 577 g/mol. The number of rotatable bonds is 5. The lowest BCUT2D eigenvalue weighted by Gasteiger charge is -2.15. The van der Waals surface area contributed by atoms with Gasteiger partial charge in [-0.3, -0.25) is 18.4 Å². The minimum absolute atomic E-state index is 0.151. The number of nitrogens with one attached hydrogen (secondary N) is 1. The number of para-hydroxylation sites is 1. The number of amides is 1. The smallest absolute Gasteiger partial charge is 0.256 e. The number of nitrogens with zero attached hydrogens (tertiary/aromatic N) is 3. The van der Waals surface area contributed by atoms with Crippen molar-refractivity contribution in [3.8, 4) is 16.9 Å². The number of carbonyl (C=O) groups is 1. The number of hydrogen-bond acceptors (Lipinski definition) is 5. The molecule has 2 heterocycles. The Morgan fingerprint density at radius 3 is 2.09 bits per heavy atom. The predicted molar refractivity (Wildman–Crippen MR) is 165 cm³/mol. The Morgan fingerprint density at radius 1 is 0.860 bits per heavy atom. The van der Waals surface area contributed by atoms with Crippen molar-refractivity contribution in [3.05, 3.63) is 112 Å². The molecule has 7 nitrogen and oxygen atoms in total. The number of hydrogen-bond donors (Lipinski definition) is 1. The number of benzene rings is 3. The molecule has 5 rings (SSSR count). The molecule has 0 saturated carbocycles. The molecule has 3 aromatic carbocycles. The Kier molecular flexibility index (Phi) is 11.1. The summed E-state index contributed by atoms with van der Waals surface area (Å²) in [5, 5.41) is 2.75. The van der Waals surface area contributed by atoms with Gasteiger partial charge in [0.15, 0.2) is 5.65 Å². The van der Waals surface area contributed by atoms with Gasteiger partial charge in [0, 0.05) is 34.5 Å². The van der Waals surface area contributed by atoms with Crippen LogP contribution in [0.1, 0.15) is 43.6 Å². The summed E-state index contributed by atoms with van der Waals surface area (Å²) in [7, 11) is -1.74. The summed E-state index contributed by atoms with van der Waals surface area (Å²) in [4.78, 5) is 34.6. The van der Waals surface area contributed by atoms with Crippen LogP contribution >= 0.6 is 0 Å². The van der Waals surface area contributed by atoms with Crippen molar-refractivity contribution < 1.29 is 22.2 Å². The Labute approximate surface area is 249 Å². The molecular formula is C32H31F3N4O3S. The standard InChI is InChI=1S/C28H19F3N4O3S.2C2H6/c1-15-6-7-16(27(37)32-18-10-8-17(29)9-11-18)14-20(15)24-19-12-13-23(36)35(25-21(30)4-3-5-22(25)31)26(19)34-28(33-24)39(2)38;2*1-2/h3-14H,1-2H3,(H,32,37);2*1-2H3. The van der Waals surface area contributed by atoms with Crippen molar-refractivity contribution in [2.45, 2.75) is 39.8 Å². The van der Waals surface area contributed by atoms with Crippen LogP contribution in [0.3, 0.4) is 0 Å². The predicted octanol–water partition coefficient (Wildman–Crippen LogP) is 7.22. The van der Waals surface area contributed by atoms with E-state index >= 15 is 0 Å². The zero-order valence-corrected chi connectivity index (χ0v) is 25.4. The SMILES string of the molecule is CC.CC.Cc1ccc(C(=O)Nc2ccc(F)cc2)cc1-c1nc(S(C)=O)nc2c1ccc(=O)n2-c1c(F)cccc1F. The summed E-state index contributed by atoms with van der Waals surface area (Å²) in [6.45, 7) is 9.76. The van der Waals surface area contributed by atoms with Gasteiger partial charge in [0.1, 0.15) is 23.1 Å². The van der Waals surface area contributed by atoms with Crippen LogP contribution in [-0.2, 0) is 10.8 Å². The molecule has 5 aromatic rings. The molecule has 0 aliphatic heterocycles. The molecule has 2 aromatic heterocycles. The van der Waals surface area contributed by atoms with Gasteiger partial charge < -0.3 is 5.32 Å². The number of aromatic nitrogens is 3. The number of pyridine rings is 1. The second-order valence-electron chi connectivity index (χ2n) is 8.61. The Bertz CT molecular complexity index is 1840. The molecule has 11 heteroatoms. The lowest BCUT2D eigenvalue weighted by atomic mass is 9.99. The number of anilines is 1. The summed E-state index contributed by atoms with van der Waals surface area (Å²) in [5.74, 6) is -2.90. The third kappa shape index (κ3) is 7.06. The quantitative estimate of drug-likeness (QED) is 0.213. The highest BCUT2D eigenvalue weighted by molar-refractivity contribution is 7.84. The van der Waals surface area contributed by atoms with E-state index in [0.29, 0.717) is 16.8 Å². The fourth-order valence-corrected chi connectivity index (χ4v) is 4.54. The molecule has 0 bridgehead atoms. The maximum absolute atomic E-state index is 14.8. The van der Waals surface area contributed by atoms with E-state index in [1.165, 1.54) is 42.7 Å². The average Bonchev–Trinajstić information content (AvgIpc) is 3.01. The van der Waals surface area contributed by atoms with E-state index < -0.39 is 45.4 Å². The molecule has 0 fully saturated rings. The third-order valence-electron chi connectivity index (χ3n) is 6.01. The number of fused-ring (bicyclic) bond motifs is 1. The number of carbonyl (C=O) groups excluding carboxylic acids is 1. The molecule has 1 amide bonds. The Morgan fingerprint density at radius 2 is 1.49 bits per heavy atom. The summed E-state index contributed by atoms with van der Waals surface area (Å²) in [6.07, 6.45) is 1.33. The van der Waals surface area contributed by atoms with Crippen LogP contribution in [0.25, 0.3) is 28.0 Å². The zero-order chi connectivity index (χ0) is 31.8. The molecule has 0 aliphatic rings. The van der Waals surface area contributed by atoms with Crippen molar-refractivity contribution in [1.82, 2.24) is 14.5 Å². The molecule has 1 N–H and O–H groups in total. The van der Waals surface area contributed by atoms with E-state index in [1.54, 1.807) is 25.1 Å². The number of aryl methyl sites for hydroxylation is 1. The fourth-order valence-electron chi connectivity index (χ4n) is 4.10. The van der Waals surface area contributed by atoms with Gasteiger partial charge in [-0.2, -0.15) is 0 Å². The highest BCUT2D eigenvalue weighted by atomic mass is 32.2. The van der Waals surface area contributed by atoms with Crippen LogP contribution in [0.4, 0.5) is 18.9 Å². The molecule has 43 heavy (non-hydrogen) atoms. The van der Waals surface area contributed by atoms with Gasteiger partial charge in [0.25, 0.3) is 11.5 Å². The average molecular weight is 609 g/mol. The highest BCUT2D eigenvalue weighted by Gasteiger charge is 2.21. The van der Waals surface area contributed by atoms with Crippen LogP contribution < -0.4 is 10.9 Å². The Hall–Kier alpha value is -4.64. The van der Waals surface area contributed by atoms with E-state index in [9.17, 15) is 27.0 Å². The summed E-state index contributed by atoms with van der Waals surface area (Å²) in [5.41, 5.74) is 0.417. The van der Waals surface area contributed by atoms with Crippen molar-refractivity contribution in [3.63, 3.8) is 0 Å². The van der Waals surface area contributed by atoms with Crippen molar-refractivity contribution in [1.29, 1.82) is 0 Å². The van der Waals surface area contributed by atoms with Gasteiger partial charge in [-0.15, -0.1) is 0 Å². The lowest BCUT2D eigenvalue weighted by Crippen LogP contribution is -2.21. The van der Waals surface area contributed by atoms with Crippen LogP contribution in [0.2, 0.25) is 0 Å². The molecule has 224 valence electrons. The largest absolute Gasteiger partial charge is 0.322 e. The molecule has 0 saturated heterocycles. The molecule has 1 unspecified atom stereocenters. The molecule has 0 spiro atoms. The maximum Gasteiger partial charge on any atom is 0.256 e. The second kappa shape index (κ2) is 14.5. The first-order chi connectivity index (χ1) is 20.6. The third-order valence-corrected chi connectivity index (χ3v) is 6.70. The normalized spacial score (nSPS) is 11.1. The monoisotopic (exact) mass is 608 g/mol.